The van der Waals surface area contributed by atoms with Crippen molar-refractivity contribution in [3.8, 4) is 0 Å². The average Bonchev–Trinajstić information content (AvgIpc) is 3.21. The fraction of sp³-hybridized carbons (Fsp3) is 0.370. The molecule has 0 nitrogen and oxygen atoms in total. The number of hydrogen-bond acceptors (Lipinski definition) is 0. The second kappa shape index (κ2) is 10.1. The van der Waals surface area contributed by atoms with Gasteiger partial charge in [-0.3, -0.25) is 0 Å². The second-order valence-corrected chi connectivity index (χ2v) is 8.14. The summed E-state index contributed by atoms with van der Waals surface area (Å²) >= 11 is 0. The van der Waals surface area contributed by atoms with E-state index in [1.165, 1.54) is 47.6 Å². The molecule has 0 fully saturated rings. The van der Waals surface area contributed by atoms with E-state index in [4.69, 9.17) is 0 Å². The predicted octanol–water partition coefficient (Wildman–Crippen LogP) is 7.71. The Bertz CT molecular complexity index is 868. The van der Waals surface area contributed by atoms with E-state index in [-0.39, 0.29) is 40.7 Å². The Balaban J connectivity index is 0.00000131. The Morgan fingerprint density at radius 2 is 1.54 bits per heavy atom. The van der Waals surface area contributed by atoms with Crippen molar-refractivity contribution < 1.29 is 25.8 Å². The summed E-state index contributed by atoms with van der Waals surface area (Å²) in [6.45, 7) is 7.07. The summed E-state index contributed by atoms with van der Waals surface area (Å²) < 4.78 is 0. The first-order chi connectivity index (χ1) is 12.1. The van der Waals surface area contributed by atoms with Crippen LogP contribution in [0.1, 0.15) is 61.8 Å². The monoisotopic (exact) mass is 539 g/mol. The van der Waals surface area contributed by atoms with Crippen LogP contribution in [0.5, 0.6) is 0 Å². The van der Waals surface area contributed by atoms with E-state index in [1.807, 2.05) is 0 Å². The van der Waals surface area contributed by atoms with Gasteiger partial charge in [-0.2, -0.15) is 6.07 Å². The zero-order chi connectivity index (χ0) is 17.4. The van der Waals surface area contributed by atoms with Gasteiger partial charge in [0.25, 0.3) is 0 Å². The Hall–Kier alpha value is -1.08. The standard InChI is InChI=1S/C25H29.2CH3.Hf/c1-4-25(5-2)16-22-14-21-12-11-20(24(21)15-23(22)17-25)13-18(3)19-9-7-6-8-10-19;;;/h6-12,14-15,18H,4-5,13,16-17H2,1-3H3;2*1H3;/q3*-1;. The minimum absolute atomic E-state index is 0. The van der Waals surface area contributed by atoms with Crippen molar-refractivity contribution in [2.75, 3.05) is 0 Å². The normalized spacial score (nSPS) is 15.1. The van der Waals surface area contributed by atoms with Gasteiger partial charge in [0, 0.05) is 25.8 Å². The molecule has 3 aromatic rings. The fourth-order valence-electron chi connectivity index (χ4n) is 4.76. The van der Waals surface area contributed by atoms with Crippen molar-refractivity contribution in [1.82, 2.24) is 0 Å². The molecule has 28 heavy (non-hydrogen) atoms. The summed E-state index contributed by atoms with van der Waals surface area (Å²) in [5.74, 6) is 0.561. The van der Waals surface area contributed by atoms with E-state index < -0.39 is 0 Å². The molecule has 150 valence electrons. The van der Waals surface area contributed by atoms with E-state index in [2.05, 4.69) is 75.4 Å². The van der Waals surface area contributed by atoms with Gasteiger partial charge in [-0.25, -0.2) is 0 Å². The molecule has 1 aliphatic rings. The van der Waals surface area contributed by atoms with Crippen LogP contribution in [0, 0.1) is 20.3 Å². The maximum Gasteiger partial charge on any atom is 0 e. The second-order valence-electron chi connectivity index (χ2n) is 8.14. The Morgan fingerprint density at radius 1 is 0.929 bits per heavy atom. The van der Waals surface area contributed by atoms with E-state index in [0.717, 1.165) is 6.42 Å². The van der Waals surface area contributed by atoms with Gasteiger partial charge in [-0.1, -0.05) is 68.7 Å². The maximum atomic E-state index is 2.52. The molecule has 0 N–H and O–H groups in total. The molecule has 4 rings (SSSR count). The van der Waals surface area contributed by atoms with Gasteiger partial charge in [0.15, 0.2) is 0 Å². The van der Waals surface area contributed by atoms with E-state index in [0.29, 0.717) is 11.3 Å². The van der Waals surface area contributed by atoms with Gasteiger partial charge in [0.2, 0.25) is 0 Å². The molecule has 0 radical (unpaired) electrons. The van der Waals surface area contributed by atoms with Gasteiger partial charge < -0.3 is 14.9 Å². The van der Waals surface area contributed by atoms with Crippen LogP contribution in [-0.2, 0) is 45.1 Å². The van der Waals surface area contributed by atoms with Crippen molar-refractivity contribution in [2.24, 2.45) is 5.41 Å². The summed E-state index contributed by atoms with van der Waals surface area (Å²) in [6.07, 6.45) is 6.25. The molecule has 0 aromatic heterocycles. The number of rotatable bonds is 5. The molecule has 1 unspecified atom stereocenters. The molecule has 0 bridgehead atoms. The Labute approximate surface area is 191 Å². The van der Waals surface area contributed by atoms with Crippen molar-refractivity contribution in [2.45, 2.75) is 58.8 Å². The van der Waals surface area contributed by atoms with Gasteiger partial charge in [0.1, 0.15) is 0 Å². The predicted molar refractivity (Wildman–Crippen MR) is 121 cm³/mol. The number of fused-ring (bicyclic) bond motifs is 2. The Morgan fingerprint density at radius 3 is 2.14 bits per heavy atom. The van der Waals surface area contributed by atoms with E-state index >= 15 is 0 Å². The van der Waals surface area contributed by atoms with Crippen molar-refractivity contribution in [1.29, 1.82) is 0 Å². The van der Waals surface area contributed by atoms with E-state index in [1.54, 1.807) is 11.1 Å². The Kier molecular flexibility index (Phi) is 9.00. The smallest absolute Gasteiger partial charge is 0 e. The third-order valence-corrected chi connectivity index (χ3v) is 6.71. The van der Waals surface area contributed by atoms with Gasteiger partial charge in [0.05, 0.1) is 0 Å². The van der Waals surface area contributed by atoms with Crippen LogP contribution in [-0.4, -0.2) is 0 Å². The molecule has 1 aliphatic carbocycles. The van der Waals surface area contributed by atoms with Crippen LogP contribution in [0.2, 0.25) is 0 Å². The van der Waals surface area contributed by atoms with Crippen LogP contribution < -0.4 is 0 Å². The number of hydrogen-bond donors (Lipinski definition) is 0. The molecule has 3 aromatic carbocycles. The summed E-state index contributed by atoms with van der Waals surface area (Å²) in [4.78, 5) is 0. The third-order valence-electron chi connectivity index (χ3n) is 6.71. The van der Waals surface area contributed by atoms with Gasteiger partial charge >= 0.3 is 0 Å². The molecular formula is C27H35Hf-3. The van der Waals surface area contributed by atoms with Crippen LogP contribution in [0.25, 0.3) is 10.8 Å². The topological polar surface area (TPSA) is 0 Å². The maximum absolute atomic E-state index is 2.52. The van der Waals surface area contributed by atoms with Crippen molar-refractivity contribution >= 4 is 10.8 Å². The largest absolute Gasteiger partial charge is 0.358 e. The molecule has 0 amide bonds. The first kappa shape index (κ1) is 25.0. The molecule has 1 atom stereocenters. The molecule has 0 saturated heterocycles. The summed E-state index contributed by atoms with van der Waals surface area (Å²) in [6, 6.07) is 20.6. The number of benzene rings is 2. The molecule has 0 aliphatic heterocycles. The first-order valence-corrected chi connectivity index (χ1v) is 9.89. The van der Waals surface area contributed by atoms with Crippen LogP contribution in [0.15, 0.2) is 54.6 Å². The summed E-state index contributed by atoms with van der Waals surface area (Å²) in [5.41, 5.74) is 6.67. The van der Waals surface area contributed by atoms with Crippen LogP contribution in [0.3, 0.4) is 0 Å². The first-order valence-electron chi connectivity index (χ1n) is 9.89. The average molecular weight is 538 g/mol. The van der Waals surface area contributed by atoms with Gasteiger partial charge in [-0.15, -0.1) is 34.5 Å². The molecule has 0 spiro atoms. The fourth-order valence-corrected chi connectivity index (χ4v) is 4.76. The quantitative estimate of drug-likeness (QED) is 0.231. The minimum atomic E-state index is 0. The van der Waals surface area contributed by atoms with Crippen molar-refractivity contribution in [3.63, 3.8) is 0 Å². The zero-order valence-corrected chi connectivity index (χ0v) is 21.9. The van der Waals surface area contributed by atoms with Crippen molar-refractivity contribution in [3.05, 3.63) is 91.7 Å². The summed E-state index contributed by atoms with van der Waals surface area (Å²) in [5, 5.41) is 2.93. The molecule has 0 heterocycles. The molecule has 0 saturated carbocycles. The molecule has 1 heteroatoms. The van der Waals surface area contributed by atoms with Crippen LogP contribution in [0.4, 0.5) is 0 Å². The zero-order valence-electron chi connectivity index (χ0n) is 18.3. The van der Waals surface area contributed by atoms with Crippen LogP contribution >= 0.6 is 0 Å². The summed E-state index contributed by atoms with van der Waals surface area (Å²) in [7, 11) is 0. The van der Waals surface area contributed by atoms with Gasteiger partial charge in [-0.05, 0) is 42.6 Å². The van der Waals surface area contributed by atoms with E-state index in [9.17, 15) is 0 Å². The molecular weight excluding hydrogens is 503 g/mol. The minimum Gasteiger partial charge on any atom is -0.358 e. The SMILES string of the molecule is CCC1(CC)Cc2cc3cc[c-](CC(C)c4ccccc4)c3cc2C1.[CH3-].[CH3-].[Hf]. The third kappa shape index (κ3) is 4.56.